The Bertz CT molecular complexity index is 921. The molecule has 26 heavy (non-hydrogen) atoms. The molecule has 8 heteroatoms. The van der Waals surface area contributed by atoms with Gasteiger partial charge in [0.25, 0.3) is 5.56 Å². The van der Waals surface area contributed by atoms with Crippen molar-refractivity contribution in [2.75, 3.05) is 5.75 Å². The molecule has 0 aliphatic heterocycles. The minimum atomic E-state index is -0.141. The fourth-order valence-electron chi connectivity index (χ4n) is 2.32. The van der Waals surface area contributed by atoms with Crippen molar-refractivity contribution in [3.63, 3.8) is 0 Å². The van der Waals surface area contributed by atoms with Crippen molar-refractivity contribution in [2.45, 2.75) is 36.8 Å². The van der Waals surface area contributed by atoms with E-state index in [1.807, 2.05) is 37.3 Å². The lowest BCUT2D eigenvalue weighted by atomic mass is 10.3. The summed E-state index contributed by atoms with van der Waals surface area (Å²) in [6.45, 7) is 6.19. The molecular weight excluding hydrogens is 366 g/mol. The van der Waals surface area contributed by atoms with Gasteiger partial charge in [0.15, 0.2) is 10.3 Å². The van der Waals surface area contributed by atoms with Crippen LogP contribution in [-0.4, -0.2) is 30.5 Å². The van der Waals surface area contributed by atoms with Gasteiger partial charge in [0.1, 0.15) is 5.82 Å². The van der Waals surface area contributed by atoms with Crippen LogP contribution in [0.3, 0.4) is 0 Å². The van der Waals surface area contributed by atoms with Crippen LogP contribution < -0.4 is 5.56 Å². The molecule has 0 atom stereocenters. The van der Waals surface area contributed by atoms with Gasteiger partial charge in [0, 0.05) is 23.2 Å². The molecule has 136 valence electrons. The zero-order valence-corrected chi connectivity index (χ0v) is 16.6. The van der Waals surface area contributed by atoms with E-state index in [1.54, 1.807) is 11.8 Å². The fourth-order valence-corrected chi connectivity index (χ4v) is 4.07. The van der Waals surface area contributed by atoms with Crippen molar-refractivity contribution >= 4 is 23.5 Å². The maximum atomic E-state index is 11.6. The van der Waals surface area contributed by atoms with Gasteiger partial charge in [-0.3, -0.25) is 9.36 Å². The predicted octanol–water partition coefficient (Wildman–Crippen LogP) is 3.70. The number of benzene rings is 1. The lowest BCUT2D eigenvalue weighted by Gasteiger charge is -2.10. The zero-order valence-electron chi connectivity index (χ0n) is 15.0. The van der Waals surface area contributed by atoms with Crippen LogP contribution in [-0.2, 0) is 5.75 Å². The molecule has 0 saturated heterocycles. The van der Waals surface area contributed by atoms with Crippen molar-refractivity contribution < 1.29 is 0 Å². The van der Waals surface area contributed by atoms with Gasteiger partial charge in [0.2, 0.25) is 0 Å². The molecule has 0 bridgehead atoms. The number of rotatable bonds is 7. The quantitative estimate of drug-likeness (QED) is 0.492. The number of aromatic amines is 1. The number of hydrogen-bond donors (Lipinski definition) is 1. The topological polar surface area (TPSA) is 76.5 Å². The second kappa shape index (κ2) is 8.55. The van der Waals surface area contributed by atoms with E-state index in [9.17, 15) is 4.79 Å². The van der Waals surface area contributed by atoms with Crippen LogP contribution in [0.25, 0.3) is 5.69 Å². The fraction of sp³-hybridized carbons (Fsp3) is 0.333. The van der Waals surface area contributed by atoms with E-state index in [0.717, 1.165) is 22.4 Å². The van der Waals surface area contributed by atoms with E-state index < -0.39 is 0 Å². The average Bonchev–Trinajstić information content (AvgIpc) is 3.01. The second-order valence-electron chi connectivity index (χ2n) is 6.26. The number of H-pyrrole nitrogens is 1. The molecule has 0 aliphatic rings. The van der Waals surface area contributed by atoms with Crippen LogP contribution >= 0.6 is 23.5 Å². The summed E-state index contributed by atoms with van der Waals surface area (Å²) in [5.74, 6) is 2.94. The van der Waals surface area contributed by atoms with E-state index in [0.29, 0.717) is 22.5 Å². The molecule has 2 heterocycles. The monoisotopic (exact) mass is 387 g/mol. The molecule has 0 unspecified atom stereocenters. The largest absolute Gasteiger partial charge is 0.301 e. The molecule has 0 amide bonds. The van der Waals surface area contributed by atoms with Crippen LogP contribution in [0.15, 0.2) is 51.5 Å². The zero-order chi connectivity index (χ0) is 18.5. The Morgan fingerprint density at radius 2 is 1.92 bits per heavy atom. The third-order valence-corrected chi connectivity index (χ3v) is 5.67. The molecule has 0 saturated carbocycles. The second-order valence-corrected chi connectivity index (χ2v) is 8.21. The highest BCUT2D eigenvalue weighted by Gasteiger charge is 2.15. The van der Waals surface area contributed by atoms with Gasteiger partial charge in [-0.15, -0.1) is 10.2 Å². The van der Waals surface area contributed by atoms with Crippen LogP contribution in [0.5, 0.6) is 0 Å². The van der Waals surface area contributed by atoms with Crippen LogP contribution in [0.2, 0.25) is 0 Å². The highest BCUT2D eigenvalue weighted by molar-refractivity contribution is 7.99. The SMILES string of the molecule is Cc1cc(=O)[nH]c(SCc2nnc(SCC(C)C)n2-c2ccccc2)n1. The third-order valence-electron chi connectivity index (χ3n) is 3.45. The number of nitrogens with one attached hydrogen (secondary N) is 1. The molecule has 0 aliphatic carbocycles. The van der Waals surface area contributed by atoms with E-state index in [2.05, 4.69) is 38.6 Å². The van der Waals surface area contributed by atoms with E-state index in [4.69, 9.17) is 0 Å². The van der Waals surface area contributed by atoms with Gasteiger partial charge in [0.05, 0.1) is 5.75 Å². The van der Waals surface area contributed by atoms with Crippen LogP contribution in [0, 0.1) is 12.8 Å². The third kappa shape index (κ3) is 4.76. The average molecular weight is 388 g/mol. The molecule has 3 rings (SSSR count). The van der Waals surface area contributed by atoms with Crippen molar-refractivity contribution in [3.8, 4) is 5.69 Å². The minimum absolute atomic E-state index is 0.141. The molecule has 2 aromatic heterocycles. The van der Waals surface area contributed by atoms with Gasteiger partial charge in [-0.1, -0.05) is 55.6 Å². The Hall–Kier alpha value is -2.06. The Morgan fingerprint density at radius 1 is 1.15 bits per heavy atom. The summed E-state index contributed by atoms with van der Waals surface area (Å²) in [5.41, 5.74) is 1.59. The van der Waals surface area contributed by atoms with Crippen molar-refractivity contribution in [3.05, 3.63) is 58.3 Å². The predicted molar refractivity (Wildman–Crippen MR) is 106 cm³/mol. The van der Waals surface area contributed by atoms with Gasteiger partial charge in [-0.05, 0) is 25.0 Å². The summed E-state index contributed by atoms with van der Waals surface area (Å²) < 4.78 is 2.08. The van der Waals surface area contributed by atoms with Crippen LogP contribution in [0.4, 0.5) is 0 Å². The molecular formula is C18H21N5OS2. The minimum Gasteiger partial charge on any atom is -0.301 e. The highest BCUT2D eigenvalue weighted by Crippen LogP contribution is 2.26. The Balaban J connectivity index is 1.87. The lowest BCUT2D eigenvalue weighted by molar-refractivity contribution is 0.745. The first-order valence-electron chi connectivity index (χ1n) is 8.36. The first-order chi connectivity index (χ1) is 12.5. The molecule has 6 nitrogen and oxygen atoms in total. The number of aryl methyl sites for hydroxylation is 1. The van der Waals surface area contributed by atoms with Gasteiger partial charge in [-0.2, -0.15) is 0 Å². The van der Waals surface area contributed by atoms with Crippen molar-refractivity contribution in [2.24, 2.45) is 5.92 Å². The molecule has 0 fully saturated rings. The van der Waals surface area contributed by atoms with Crippen LogP contribution in [0.1, 0.15) is 25.4 Å². The normalized spacial score (nSPS) is 11.2. The van der Waals surface area contributed by atoms with Gasteiger partial charge < -0.3 is 4.98 Å². The lowest BCUT2D eigenvalue weighted by Crippen LogP contribution is -2.08. The summed E-state index contributed by atoms with van der Waals surface area (Å²) in [4.78, 5) is 18.7. The van der Waals surface area contributed by atoms with Crippen molar-refractivity contribution in [1.29, 1.82) is 0 Å². The molecule has 0 spiro atoms. The van der Waals surface area contributed by atoms with Gasteiger partial charge >= 0.3 is 0 Å². The number of aromatic nitrogens is 5. The Morgan fingerprint density at radius 3 is 2.62 bits per heavy atom. The summed E-state index contributed by atoms with van der Waals surface area (Å²) in [6, 6.07) is 11.6. The van der Waals surface area contributed by atoms with E-state index >= 15 is 0 Å². The van der Waals surface area contributed by atoms with E-state index in [-0.39, 0.29) is 5.56 Å². The highest BCUT2D eigenvalue weighted by atomic mass is 32.2. The summed E-state index contributed by atoms with van der Waals surface area (Å²) in [7, 11) is 0. The first-order valence-corrected chi connectivity index (χ1v) is 10.3. The molecule has 1 aromatic carbocycles. The van der Waals surface area contributed by atoms with Gasteiger partial charge in [-0.25, -0.2) is 4.98 Å². The summed E-state index contributed by atoms with van der Waals surface area (Å²) in [6.07, 6.45) is 0. The number of thioether (sulfide) groups is 2. The standard InChI is InChI=1S/C18H21N5OS2/c1-12(2)10-26-18-22-21-15(23(18)14-7-5-4-6-8-14)11-25-17-19-13(3)9-16(24)20-17/h4-9,12H,10-11H2,1-3H3,(H,19,20,24). The smallest absolute Gasteiger partial charge is 0.251 e. The maximum absolute atomic E-state index is 11.6. The first kappa shape index (κ1) is 18.7. The molecule has 3 aromatic rings. The van der Waals surface area contributed by atoms with Crippen molar-refractivity contribution in [1.82, 2.24) is 24.7 Å². The number of nitrogens with zero attached hydrogens (tertiary/aromatic N) is 4. The number of hydrogen-bond acceptors (Lipinski definition) is 6. The Kier molecular flexibility index (Phi) is 6.16. The number of para-hydroxylation sites is 1. The summed E-state index contributed by atoms with van der Waals surface area (Å²) in [5, 5.41) is 10.2. The molecule has 1 N–H and O–H groups in total. The maximum Gasteiger partial charge on any atom is 0.251 e. The Labute approximate surface area is 160 Å². The molecule has 0 radical (unpaired) electrons. The van der Waals surface area contributed by atoms with E-state index in [1.165, 1.54) is 17.8 Å². The summed E-state index contributed by atoms with van der Waals surface area (Å²) >= 11 is 3.15.